The molecular formula is C13H12BrFN2O4. The zero-order valence-electron chi connectivity index (χ0n) is 11.2. The molecule has 112 valence electrons. The van der Waals surface area contributed by atoms with Crippen molar-refractivity contribution >= 4 is 39.5 Å². The normalized spacial score (nSPS) is 11.4. The van der Waals surface area contributed by atoms with E-state index in [-0.39, 0.29) is 21.3 Å². The second-order valence-electron chi connectivity index (χ2n) is 4.09. The van der Waals surface area contributed by atoms with E-state index in [1.807, 2.05) is 5.32 Å². The van der Waals surface area contributed by atoms with Gasteiger partial charge in [0.2, 0.25) is 0 Å². The Labute approximate surface area is 128 Å². The van der Waals surface area contributed by atoms with Gasteiger partial charge < -0.3 is 10.4 Å². The van der Waals surface area contributed by atoms with Gasteiger partial charge in [-0.3, -0.25) is 10.1 Å². The number of anilines is 1. The topological polar surface area (TPSA) is 95.5 Å². The van der Waals surface area contributed by atoms with Gasteiger partial charge >= 0.3 is 12.0 Å². The predicted octanol–water partition coefficient (Wildman–Crippen LogP) is 2.66. The minimum absolute atomic E-state index is 0.0976. The summed E-state index contributed by atoms with van der Waals surface area (Å²) in [4.78, 5) is 33.9. The van der Waals surface area contributed by atoms with E-state index >= 15 is 0 Å². The van der Waals surface area contributed by atoms with Gasteiger partial charge in [-0.15, -0.1) is 0 Å². The van der Waals surface area contributed by atoms with Gasteiger partial charge in [0.1, 0.15) is 5.82 Å². The maximum atomic E-state index is 13.3. The molecule has 6 nitrogen and oxygen atoms in total. The maximum Gasteiger partial charge on any atom is 0.331 e. The fourth-order valence-electron chi connectivity index (χ4n) is 1.26. The smallest absolute Gasteiger partial charge is 0.331 e. The van der Waals surface area contributed by atoms with Crippen molar-refractivity contribution in [3.05, 3.63) is 39.6 Å². The van der Waals surface area contributed by atoms with Gasteiger partial charge in [-0.1, -0.05) is 0 Å². The lowest BCUT2D eigenvalue weighted by molar-refractivity contribution is -0.133. The summed E-state index contributed by atoms with van der Waals surface area (Å²) < 4.78 is 13.5. The van der Waals surface area contributed by atoms with Crippen molar-refractivity contribution in [1.82, 2.24) is 5.32 Å². The monoisotopic (exact) mass is 358 g/mol. The van der Waals surface area contributed by atoms with E-state index < -0.39 is 23.7 Å². The zero-order chi connectivity index (χ0) is 16.2. The Kier molecular flexibility index (Phi) is 5.60. The summed E-state index contributed by atoms with van der Waals surface area (Å²) >= 11 is 2.97. The molecule has 1 aromatic rings. The largest absolute Gasteiger partial charge is 0.478 e. The van der Waals surface area contributed by atoms with Crippen LogP contribution in [-0.2, 0) is 9.59 Å². The number of carbonyl (C=O) groups is 3. The Balaban J connectivity index is 2.74. The van der Waals surface area contributed by atoms with Crippen LogP contribution in [0, 0.1) is 5.82 Å². The Morgan fingerprint density at radius 3 is 2.33 bits per heavy atom. The van der Waals surface area contributed by atoms with Crippen LogP contribution in [-0.4, -0.2) is 23.0 Å². The number of hydrogen-bond donors (Lipinski definition) is 3. The second kappa shape index (κ2) is 6.98. The van der Waals surface area contributed by atoms with Crippen molar-refractivity contribution in [2.24, 2.45) is 0 Å². The fraction of sp³-hybridized carbons (Fsp3) is 0.154. The Morgan fingerprint density at radius 2 is 1.81 bits per heavy atom. The summed E-state index contributed by atoms with van der Waals surface area (Å²) in [6.45, 7) is 2.53. The van der Waals surface area contributed by atoms with Gasteiger partial charge in [-0.25, -0.2) is 14.0 Å². The number of carboxylic acid groups (broad SMARTS) is 1. The quantitative estimate of drug-likeness (QED) is 0.723. The molecule has 0 saturated carbocycles. The molecule has 0 aliphatic heterocycles. The summed E-state index contributed by atoms with van der Waals surface area (Å²) in [6, 6.07) is 3.01. The first kappa shape index (κ1) is 16.8. The molecule has 0 radical (unpaired) electrons. The van der Waals surface area contributed by atoms with Crippen molar-refractivity contribution in [2.75, 3.05) is 5.32 Å². The van der Waals surface area contributed by atoms with Crippen LogP contribution < -0.4 is 10.6 Å². The molecule has 0 fully saturated rings. The van der Waals surface area contributed by atoms with Crippen molar-refractivity contribution in [2.45, 2.75) is 13.8 Å². The van der Waals surface area contributed by atoms with Gasteiger partial charge in [0, 0.05) is 16.8 Å². The average molecular weight is 359 g/mol. The van der Waals surface area contributed by atoms with E-state index in [1.54, 1.807) is 0 Å². The fourth-order valence-corrected chi connectivity index (χ4v) is 1.51. The third-order valence-electron chi connectivity index (χ3n) is 2.63. The molecule has 0 aliphatic rings. The Bertz CT molecular complexity index is 643. The van der Waals surface area contributed by atoms with E-state index in [0.717, 1.165) is 6.07 Å². The number of benzene rings is 1. The number of halogens is 2. The second-order valence-corrected chi connectivity index (χ2v) is 4.95. The van der Waals surface area contributed by atoms with Crippen molar-refractivity contribution in [3.63, 3.8) is 0 Å². The summed E-state index contributed by atoms with van der Waals surface area (Å²) in [5.41, 5.74) is -0.118. The molecule has 3 N–H and O–H groups in total. The Morgan fingerprint density at radius 1 is 1.19 bits per heavy atom. The minimum Gasteiger partial charge on any atom is -0.478 e. The highest BCUT2D eigenvalue weighted by Crippen LogP contribution is 2.19. The number of carboxylic acids is 1. The number of imide groups is 1. The van der Waals surface area contributed by atoms with E-state index in [4.69, 9.17) is 5.11 Å². The lowest BCUT2D eigenvalue weighted by atomic mass is 10.1. The molecule has 0 saturated heterocycles. The van der Waals surface area contributed by atoms with Gasteiger partial charge in [0.25, 0.3) is 5.91 Å². The first-order valence-corrected chi connectivity index (χ1v) is 6.49. The lowest BCUT2D eigenvalue weighted by Crippen LogP contribution is -2.35. The average Bonchev–Trinajstić information content (AvgIpc) is 2.40. The molecule has 1 rings (SSSR count). The van der Waals surface area contributed by atoms with Crippen molar-refractivity contribution < 1.29 is 23.9 Å². The van der Waals surface area contributed by atoms with E-state index in [2.05, 4.69) is 21.2 Å². The summed E-state index contributed by atoms with van der Waals surface area (Å²) in [5.74, 6) is -2.67. The van der Waals surface area contributed by atoms with Crippen LogP contribution in [0.2, 0.25) is 0 Å². The molecule has 0 atom stereocenters. The maximum absolute atomic E-state index is 13.3. The predicted molar refractivity (Wildman–Crippen MR) is 77.3 cm³/mol. The van der Waals surface area contributed by atoms with Crippen LogP contribution in [0.1, 0.15) is 13.8 Å². The highest BCUT2D eigenvalue weighted by molar-refractivity contribution is 9.10. The summed E-state index contributed by atoms with van der Waals surface area (Å²) in [7, 11) is 0. The van der Waals surface area contributed by atoms with Crippen LogP contribution in [0.3, 0.4) is 0 Å². The molecule has 0 bridgehead atoms. The first-order valence-electron chi connectivity index (χ1n) is 5.70. The molecule has 21 heavy (non-hydrogen) atoms. The van der Waals surface area contributed by atoms with Gasteiger partial charge in [0.05, 0.1) is 4.47 Å². The third kappa shape index (κ3) is 4.67. The van der Waals surface area contributed by atoms with E-state index in [9.17, 15) is 18.8 Å². The number of rotatable bonds is 3. The molecule has 3 amide bonds. The highest BCUT2D eigenvalue weighted by atomic mass is 79.9. The van der Waals surface area contributed by atoms with Crippen LogP contribution in [0.25, 0.3) is 0 Å². The zero-order valence-corrected chi connectivity index (χ0v) is 12.7. The third-order valence-corrected chi connectivity index (χ3v) is 3.27. The number of nitrogens with one attached hydrogen (secondary N) is 2. The highest BCUT2D eigenvalue weighted by Gasteiger charge is 2.15. The molecule has 0 spiro atoms. The van der Waals surface area contributed by atoms with Gasteiger partial charge in [-0.05, 0) is 48.0 Å². The number of carbonyl (C=O) groups excluding carboxylic acids is 2. The SMILES string of the molecule is CC(C(=O)O)=C(C)C(=O)NC(=O)Nc1ccc(Br)c(F)c1. The number of hydrogen-bond acceptors (Lipinski definition) is 3. The van der Waals surface area contributed by atoms with Crippen LogP contribution in [0.4, 0.5) is 14.9 Å². The standard InChI is InChI=1S/C13H12BrFN2O4/c1-6(7(2)12(19)20)11(18)17-13(21)16-8-3-4-9(14)10(15)5-8/h3-5H,1-2H3,(H,19,20)(H2,16,17,18,21). The van der Waals surface area contributed by atoms with Gasteiger partial charge in [0.15, 0.2) is 0 Å². The molecule has 8 heteroatoms. The summed E-state index contributed by atoms with van der Waals surface area (Å²) in [6.07, 6.45) is 0. The summed E-state index contributed by atoms with van der Waals surface area (Å²) in [5, 5.41) is 13.0. The first-order chi connectivity index (χ1) is 9.72. The van der Waals surface area contributed by atoms with Gasteiger partial charge in [-0.2, -0.15) is 0 Å². The lowest BCUT2D eigenvalue weighted by Gasteiger charge is -2.08. The van der Waals surface area contributed by atoms with Crippen LogP contribution >= 0.6 is 15.9 Å². The number of aliphatic carboxylic acids is 1. The van der Waals surface area contributed by atoms with Crippen molar-refractivity contribution in [1.29, 1.82) is 0 Å². The minimum atomic E-state index is -1.25. The number of urea groups is 1. The molecule has 0 aliphatic carbocycles. The molecule has 0 unspecified atom stereocenters. The van der Waals surface area contributed by atoms with E-state index in [0.29, 0.717) is 0 Å². The molecular weight excluding hydrogens is 347 g/mol. The van der Waals surface area contributed by atoms with Crippen LogP contribution in [0.5, 0.6) is 0 Å². The van der Waals surface area contributed by atoms with Crippen LogP contribution in [0.15, 0.2) is 33.8 Å². The van der Waals surface area contributed by atoms with Crippen molar-refractivity contribution in [3.8, 4) is 0 Å². The number of amides is 3. The molecule has 0 aromatic heterocycles. The van der Waals surface area contributed by atoms with E-state index in [1.165, 1.54) is 26.0 Å². The Hall–Kier alpha value is -2.22. The molecule has 0 heterocycles. The molecule has 1 aromatic carbocycles.